The van der Waals surface area contributed by atoms with Gasteiger partial charge in [0.25, 0.3) is 0 Å². The summed E-state index contributed by atoms with van der Waals surface area (Å²) in [5.41, 5.74) is 2.87. The average molecular weight is 641 g/mol. The minimum absolute atomic E-state index is 0.0742. The highest BCUT2D eigenvalue weighted by Gasteiger charge is 2.44. The zero-order chi connectivity index (χ0) is 28.1. The highest BCUT2D eigenvalue weighted by atomic mass is 79.9. The first-order valence-electron chi connectivity index (χ1n) is 11.4. The summed E-state index contributed by atoms with van der Waals surface area (Å²) in [5, 5.41) is 16.1. The van der Waals surface area contributed by atoms with Gasteiger partial charge in [0, 0.05) is 16.1 Å². The Bertz CT molecular complexity index is 1330. The minimum atomic E-state index is -1.37. The molecule has 0 radical (unpaired) electrons. The fourth-order valence-electron chi connectivity index (χ4n) is 4.14. The lowest BCUT2D eigenvalue weighted by Crippen LogP contribution is -2.44. The Hall–Kier alpha value is -2.71. The molecule has 2 aromatic rings. The van der Waals surface area contributed by atoms with Crippen molar-refractivity contribution in [1.29, 1.82) is 5.26 Å². The molecule has 2 amide bonds. The van der Waals surface area contributed by atoms with Crippen molar-refractivity contribution in [3.05, 3.63) is 66.1 Å². The molecule has 0 fully saturated rings. The zero-order valence-electron chi connectivity index (χ0n) is 20.9. The normalized spacial score (nSPS) is 16.9. The van der Waals surface area contributed by atoms with Crippen molar-refractivity contribution >= 4 is 74.4 Å². The molecule has 0 aromatic heterocycles. The van der Waals surface area contributed by atoms with Crippen LogP contribution < -0.4 is 15.4 Å². The molecule has 1 aliphatic rings. The van der Waals surface area contributed by atoms with E-state index in [-0.39, 0.29) is 38.1 Å². The summed E-state index contributed by atoms with van der Waals surface area (Å²) in [4.78, 5) is 38.5. The van der Waals surface area contributed by atoms with Crippen molar-refractivity contribution in [2.45, 2.75) is 26.7 Å². The Kier molecular flexibility index (Phi) is 10.1. The van der Waals surface area contributed by atoms with Gasteiger partial charge in [-0.2, -0.15) is 5.26 Å². The standard InChI is InChI=1S/C26H24BrCl2N3O5S/c1-5-37-23-17(28)8-14(9-18(23)29)20-16(10-30)25(32-24(34)21(20)26(35)36-4)38-11-19(33)31-22-12(2)6-15(27)7-13(22)3/h6-9,20-21H,5,11H2,1-4H3,(H,31,33)(H,32,34)/t20-,21-/m0/s1. The number of carbonyl (C=O) groups is 3. The number of hydrogen-bond donors (Lipinski definition) is 2. The zero-order valence-corrected chi connectivity index (χ0v) is 24.8. The number of amides is 2. The monoisotopic (exact) mass is 639 g/mol. The van der Waals surface area contributed by atoms with E-state index in [2.05, 4.69) is 32.6 Å². The lowest BCUT2D eigenvalue weighted by Gasteiger charge is -2.31. The van der Waals surface area contributed by atoms with E-state index in [1.54, 1.807) is 6.92 Å². The van der Waals surface area contributed by atoms with Crippen LogP contribution in [0.1, 0.15) is 29.5 Å². The molecular weight excluding hydrogens is 617 g/mol. The van der Waals surface area contributed by atoms with E-state index in [0.29, 0.717) is 17.9 Å². The van der Waals surface area contributed by atoms with Gasteiger partial charge in [0.2, 0.25) is 11.8 Å². The van der Waals surface area contributed by atoms with Gasteiger partial charge in [-0.3, -0.25) is 14.4 Å². The number of carbonyl (C=O) groups excluding carboxylic acids is 3. The molecule has 0 saturated heterocycles. The molecule has 0 aliphatic carbocycles. The largest absolute Gasteiger partial charge is 0.491 e. The second-order valence-electron chi connectivity index (χ2n) is 8.32. The Morgan fingerprint density at radius 3 is 2.32 bits per heavy atom. The minimum Gasteiger partial charge on any atom is -0.491 e. The smallest absolute Gasteiger partial charge is 0.319 e. The molecule has 12 heteroatoms. The third-order valence-corrected chi connectivity index (χ3v) is 7.80. The Labute approximate surface area is 243 Å². The van der Waals surface area contributed by atoms with Crippen molar-refractivity contribution in [1.82, 2.24) is 5.32 Å². The molecule has 0 spiro atoms. The summed E-state index contributed by atoms with van der Waals surface area (Å²) in [6, 6.07) is 8.87. The number of esters is 1. The highest BCUT2D eigenvalue weighted by molar-refractivity contribution is 9.10. The van der Waals surface area contributed by atoms with Crippen molar-refractivity contribution in [2.24, 2.45) is 5.92 Å². The first kappa shape index (κ1) is 29.8. The topological polar surface area (TPSA) is 118 Å². The molecule has 0 unspecified atom stereocenters. The van der Waals surface area contributed by atoms with Gasteiger partial charge >= 0.3 is 5.97 Å². The molecule has 0 bridgehead atoms. The lowest BCUT2D eigenvalue weighted by molar-refractivity contribution is -0.150. The second-order valence-corrected chi connectivity index (χ2v) is 11.0. The summed E-state index contributed by atoms with van der Waals surface area (Å²) >= 11 is 17.2. The van der Waals surface area contributed by atoms with Crippen molar-refractivity contribution < 1.29 is 23.9 Å². The van der Waals surface area contributed by atoms with Crippen LogP contribution >= 0.6 is 50.9 Å². The number of nitriles is 1. The summed E-state index contributed by atoms with van der Waals surface area (Å²) in [7, 11) is 1.15. The predicted octanol–water partition coefficient (Wildman–Crippen LogP) is 5.88. The van der Waals surface area contributed by atoms with Crippen molar-refractivity contribution in [2.75, 3.05) is 24.8 Å². The van der Waals surface area contributed by atoms with Gasteiger partial charge in [-0.1, -0.05) is 50.9 Å². The van der Waals surface area contributed by atoms with Gasteiger partial charge in [-0.15, -0.1) is 0 Å². The van der Waals surface area contributed by atoms with Crippen LogP contribution in [0.15, 0.2) is 39.3 Å². The van der Waals surface area contributed by atoms with Crippen LogP contribution in [0, 0.1) is 31.1 Å². The molecular formula is C26H24BrCl2N3O5S. The second kappa shape index (κ2) is 12.9. The van der Waals surface area contributed by atoms with Crippen molar-refractivity contribution in [3.8, 4) is 11.8 Å². The summed E-state index contributed by atoms with van der Waals surface area (Å²) < 4.78 is 11.2. The fourth-order valence-corrected chi connectivity index (χ4v) is 6.29. The Morgan fingerprint density at radius 1 is 1.18 bits per heavy atom. The van der Waals surface area contributed by atoms with E-state index in [0.717, 1.165) is 34.5 Å². The van der Waals surface area contributed by atoms with Crippen LogP contribution in [0.3, 0.4) is 0 Å². The molecule has 2 N–H and O–H groups in total. The first-order valence-corrected chi connectivity index (χ1v) is 13.9. The van der Waals surface area contributed by atoms with Gasteiger partial charge < -0.3 is 20.1 Å². The maximum Gasteiger partial charge on any atom is 0.319 e. The molecule has 3 rings (SSSR count). The maximum atomic E-state index is 13.1. The van der Waals surface area contributed by atoms with Gasteiger partial charge in [0.05, 0.1) is 46.2 Å². The average Bonchev–Trinajstić information content (AvgIpc) is 2.86. The number of benzene rings is 2. The van der Waals surface area contributed by atoms with E-state index >= 15 is 0 Å². The predicted molar refractivity (Wildman–Crippen MR) is 151 cm³/mol. The highest BCUT2D eigenvalue weighted by Crippen LogP contribution is 2.44. The number of allylic oxidation sites excluding steroid dienone is 1. The first-order chi connectivity index (χ1) is 18.0. The fraction of sp³-hybridized carbons (Fsp3) is 0.308. The molecule has 0 saturated carbocycles. The molecule has 1 aliphatic heterocycles. The Balaban J connectivity index is 1.97. The number of thioether (sulfide) groups is 1. The van der Waals surface area contributed by atoms with Crippen LogP contribution in [0.2, 0.25) is 10.0 Å². The molecule has 200 valence electrons. The van der Waals surface area contributed by atoms with E-state index in [1.807, 2.05) is 26.0 Å². The third-order valence-electron chi connectivity index (χ3n) is 5.76. The number of nitrogens with zero attached hydrogens (tertiary/aromatic N) is 1. The number of halogens is 3. The summed E-state index contributed by atoms with van der Waals surface area (Å²) in [5.74, 6) is -4.10. The molecule has 8 nitrogen and oxygen atoms in total. The lowest BCUT2D eigenvalue weighted by atomic mass is 9.78. The number of aryl methyl sites for hydroxylation is 2. The number of methoxy groups -OCH3 is 1. The van der Waals surface area contributed by atoms with Gasteiger partial charge in [0.15, 0.2) is 5.75 Å². The van der Waals surface area contributed by atoms with E-state index in [9.17, 15) is 19.6 Å². The Morgan fingerprint density at radius 2 is 1.79 bits per heavy atom. The molecule has 2 aromatic carbocycles. The molecule has 1 heterocycles. The van der Waals surface area contributed by atoms with E-state index in [1.165, 1.54) is 12.1 Å². The van der Waals surface area contributed by atoms with E-state index < -0.39 is 23.7 Å². The van der Waals surface area contributed by atoms with Crippen LogP contribution in [-0.2, 0) is 19.1 Å². The molecule has 2 atom stereocenters. The van der Waals surface area contributed by atoms with Gasteiger partial charge in [-0.05, 0) is 61.7 Å². The van der Waals surface area contributed by atoms with E-state index in [4.69, 9.17) is 32.7 Å². The number of rotatable bonds is 8. The van der Waals surface area contributed by atoms with Gasteiger partial charge in [-0.25, -0.2) is 0 Å². The van der Waals surface area contributed by atoms with Crippen LogP contribution in [0.5, 0.6) is 5.75 Å². The van der Waals surface area contributed by atoms with Crippen molar-refractivity contribution in [3.63, 3.8) is 0 Å². The van der Waals surface area contributed by atoms with Crippen LogP contribution in [-0.4, -0.2) is 37.3 Å². The van der Waals surface area contributed by atoms with Gasteiger partial charge in [0.1, 0.15) is 5.92 Å². The van der Waals surface area contributed by atoms with Crippen LogP contribution in [0.4, 0.5) is 5.69 Å². The summed E-state index contributed by atoms with van der Waals surface area (Å²) in [6.45, 7) is 5.85. The number of hydrogen-bond acceptors (Lipinski definition) is 7. The SMILES string of the molecule is CCOc1c(Cl)cc([C@H]2C(C#N)=C(SCC(=O)Nc3c(C)cc(Br)cc3C)NC(=O)[C@H]2C(=O)OC)cc1Cl. The number of anilines is 1. The third kappa shape index (κ3) is 6.46. The number of nitrogens with one attached hydrogen (secondary N) is 2. The maximum absolute atomic E-state index is 13.1. The quantitative estimate of drug-likeness (QED) is 0.273. The summed E-state index contributed by atoms with van der Waals surface area (Å²) in [6.07, 6.45) is 0. The van der Waals surface area contributed by atoms with Crippen LogP contribution in [0.25, 0.3) is 0 Å². The molecule has 38 heavy (non-hydrogen) atoms. The number of ether oxygens (including phenoxy) is 2.